The Morgan fingerprint density at radius 2 is 1.87 bits per heavy atom. The fourth-order valence-corrected chi connectivity index (χ4v) is 4.11. The smallest absolute Gasteiger partial charge is 0.380 e. The number of hydrogen-bond acceptors (Lipinski definition) is 3. The molecule has 0 radical (unpaired) electrons. The van der Waals surface area contributed by atoms with E-state index in [-0.39, 0.29) is 12.8 Å². The highest BCUT2D eigenvalue weighted by atomic mass is 19.4. The molecule has 0 N–H and O–H groups in total. The standard InChI is InChI=1S/C17H17F3O3/c1-23-14-9-11(21)8-13(17(18,19)20)16(14)7-6-10-4-2-3-5-12(10)15(16)22/h2-5,13-14H,6-9H2,1H3/t13-,14?,16+/m0/s1. The summed E-state index contributed by atoms with van der Waals surface area (Å²) in [6.07, 6.45) is -6.00. The van der Waals surface area contributed by atoms with E-state index in [9.17, 15) is 22.8 Å². The van der Waals surface area contributed by atoms with Crippen molar-refractivity contribution >= 4 is 11.6 Å². The molecule has 1 aromatic rings. The Morgan fingerprint density at radius 3 is 2.52 bits per heavy atom. The molecule has 23 heavy (non-hydrogen) atoms. The number of methoxy groups -OCH3 is 1. The minimum absolute atomic E-state index is 0.0544. The highest BCUT2D eigenvalue weighted by Gasteiger charge is 2.64. The minimum Gasteiger partial charge on any atom is -0.380 e. The van der Waals surface area contributed by atoms with E-state index in [1.165, 1.54) is 7.11 Å². The molecule has 0 aliphatic heterocycles. The lowest BCUT2D eigenvalue weighted by molar-refractivity contribution is -0.226. The summed E-state index contributed by atoms with van der Waals surface area (Å²) in [7, 11) is 1.27. The lowest BCUT2D eigenvalue weighted by Gasteiger charge is -2.49. The summed E-state index contributed by atoms with van der Waals surface area (Å²) < 4.78 is 46.2. The lowest BCUT2D eigenvalue weighted by Crippen LogP contribution is -2.59. The summed E-state index contributed by atoms with van der Waals surface area (Å²) in [6.45, 7) is 0. The Labute approximate surface area is 131 Å². The predicted molar refractivity (Wildman–Crippen MR) is 76.1 cm³/mol. The normalized spacial score (nSPS) is 31.3. The van der Waals surface area contributed by atoms with E-state index in [2.05, 4.69) is 0 Å². The third-order valence-electron chi connectivity index (χ3n) is 5.21. The first-order valence-electron chi connectivity index (χ1n) is 7.54. The summed E-state index contributed by atoms with van der Waals surface area (Å²) >= 11 is 0. The number of fused-ring (bicyclic) bond motifs is 1. The largest absolute Gasteiger partial charge is 0.393 e. The van der Waals surface area contributed by atoms with Crippen LogP contribution in [-0.2, 0) is 16.0 Å². The topological polar surface area (TPSA) is 43.4 Å². The highest BCUT2D eigenvalue weighted by Crippen LogP contribution is 2.55. The molecule has 0 bridgehead atoms. The van der Waals surface area contributed by atoms with Crippen LogP contribution in [0.25, 0.3) is 0 Å². The number of aryl methyl sites for hydroxylation is 1. The number of rotatable bonds is 1. The molecule has 2 aliphatic carbocycles. The van der Waals surface area contributed by atoms with Gasteiger partial charge in [-0.25, -0.2) is 0 Å². The van der Waals surface area contributed by atoms with Crippen molar-refractivity contribution in [3.8, 4) is 0 Å². The number of benzene rings is 1. The number of halogens is 3. The average Bonchev–Trinajstić information content (AvgIpc) is 2.51. The Kier molecular flexibility index (Phi) is 3.83. The molecule has 3 rings (SSSR count). The van der Waals surface area contributed by atoms with E-state index >= 15 is 0 Å². The van der Waals surface area contributed by atoms with E-state index < -0.39 is 41.6 Å². The molecule has 1 aromatic carbocycles. The summed E-state index contributed by atoms with van der Waals surface area (Å²) in [5.41, 5.74) is -0.616. The van der Waals surface area contributed by atoms with Crippen molar-refractivity contribution in [3.63, 3.8) is 0 Å². The molecule has 3 nitrogen and oxygen atoms in total. The van der Waals surface area contributed by atoms with E-state index in [1.54, 1.807) is 24.3 Å². The number of carbonyl (C=O) groups is 2. The molecule has 0 heterocycles. The average molecular weight is 326 g/mol. The number of Topliss-reactive ketones (excluding diaryl/α,β-unsaturated/α-hetero) is 2. The first kappa shape index (κ1) is 16.2. The van der Waals surface area contributed by atoms with E-state index in [0.29, 0.717) is 12.0 Å². The highest BCUT2D eigenvalue weighted by molar-refractivity contribution is 6.04. The zero-order valence-electron chi connectivity index (χ0n) is 12.7. The van der Waals surface area contributed by atoms with Gasteiger partial charge in [-0.3, -0.25) is 9.59 Å². The van der Waals surface area contributed by atoms with Crippen molar-refractivity contribution in [1.29, 1.82) is 0 Å². The summed E-state index contributed by atoms with van der Waals surface area (Å²) in [5, 5.41) is 0. The van der Waals surface area contributed by atoms with Crippen LogP contribution >= 0.6 is 0 Å². The van der Waals surface area contributed by atoms with Crippen LogP contribution in [0.15, 0.2) is 24.3 Å². The van der Waals surface area contributed by atoms with Gasteiger partial charge in [-0.05, 0) is 18.4 Å². The monoisotopic (exact) mass is 326 g/mol. The van der Waals surface area contributed by atoms with E-state index in [1.807, 2.05) is 0 Å². The van der Waals surface area contributed by atoms with Crippen molar-refractivity contribution in [2.24, 2.45) is 11.3 Å². The van der Waals surface area contributed by atoms with Crippen LogP contribution < -0.4 is 0 Å². The van der Waals surface area contributed by atoms with Gasteiger partial charge in [0.25, 0.3) is 0 Å². The fraction of sp³-hybridized carbons (Fsp3) is 0.529. The molecule has 2 aliphatic rings. The fourth-order valence-electron chi connectivity index (χ4n) is 4.11. The van der Waals surface area contributed by atoms with Crippen LogP contribution in [0.2, 0.25) is 0 Å². The number of carbonyl (C=O) groups excluding carboxylic acids is 2. The van der Waals surface area contributed by atoms with Gasteiger partial charge >= 0.3 is 6.18 Å². The second-order valence-electron chi connectivity index (χ2n) is 6.29. The van der Waals surface area contributed by atoms with Gasteiger partial charge in [-0.15, -0.1) is 0 Å². The van der Waals surface area contributed by atoms with Crippen molar-refractivity contribution < 1.29 is 27.5 Å². The predicted octanol–water partition coefficient (Wildman–Crippen LogP) is 3.36. The van der Waals surface area contributed by atoms with Gasteiger partial charge in [-0.2, -0.15) is 13.2 Å². The SMILES string of the molecule is COC1CC(=O)C[C@H](C(F)(F)F)[C@]12CCc1ccccc1C2=O. The van der Waals surface area contributed by atoms with Crippen LogP contribution in [-0.4, -0.2) is 31.0 Å². The molecule has 3 atom stereocenters. The molecule has 1 unspecified atom stereocenters. The van der Waals surface area contributed by atoms with Crippen LogP contribution in [0.4, 0.5) is 13.2 Å². The van der Waals surface area contributed by atoms with Gasteiger partial charge in [0.2, 0.25) is 0 Å². The molecule has 1 saturated carbocycles. The van der Waals surface area contributed by atoms with Gasteiger partial charge in [0.05, 0.1) is 17.4 Å². The third-order valence-corrected chi connectivity index (χ3v) is 5.21. The van der Waals surface area contributed by atoms with Gasteiger partial charge in [0.15, 0.2) is 5.78 Å². The maximum absolute atomic E-state index is 13.6. The van der Waals surface area contributed by atoms with Crippen LogP contribution in [0.1, 0.15) is 35.2 Å². The zero-order valence-corrected chi connectivity index (χ0v) is 12.7. The molecule has 0 saturated heterocycles. The maximum Gasteiger partial charge on any atom is 0.393 e. The Bertz CT molecular complexity index is 653. The molecule has 0 amide bonds. The molecular weight excluding hydrogens is 309 g/mol. The van der Waals surface area contributed by atoms with E-state index in [0.717, 1.165) is 5.56 Å². The number of ketones is 2. The Hall–Kier alpha value is -1.69. The lowest BCUT2D eigenvalue weighted by atomic mass is 9.55. The molecular formula is C17H17F3O3. The van der Waals surface area contributed by atoms with Gasteiger partial charge in [0.1, 0.15) is 5.78 Å². The van der Waals surface area contributed by atoms with Gasteiger partial charge < -0.3 is 4.74 Å². The molecule has 1 fully saturated rings. The minimum atomic E-state index is -4.62. The Balaban J connectivity index is 2.15. The number of alkyl halides is 3. The zero-order chi connectivity index (χ0) is 16.8. The summed E-state index contributed by atoms with van der Waals surface area (Å²) in [6, 6.07) is 6.74. The molecule has 1 spiro atoms. The third kappa shape index (κ3) is 2.40. The quantitative estimate of drug-likeness (QED) is 0.795. The summed E-state index contributed by atoms with van der Waals surface area (Å²) in [5.74, 6) is -3.03. The number of ether oxygens (including phenoxy) is 1. The first-order valence-corrected chi connectivity index (χ1v) is 7.54. The second-order valence-corrected chi connectivity index (χ2v) is 6.29. The van der Waals surface area contributed by atoms with E-state index in [4.69, 9.17) is 4.74 Å². The molecule has 6 heteroatoms. The van der Waals surface area contributed by atoms with Crippen molar-refractivity contribution in [2.75, 3.05) is 7.11 Å². The summed E-state index contributed by atoms with van der Waals surface area (Å²) in [4.78, 5) is 24.8. The number of hydrogen-bond donors (Lipinski definition) is 0. The van der Waals surface area contributed by atoms with Crippen LogP contribution in [0.3, 0.4) is 0 Å². The van der Waals surface area contributed by atoms with Crippen molar-refractivity contribution in [3.05, 3.63) is 35.4 Å². The van der Waals surface area contributed by atoms with Crippen molar-refractivity contribution in [1.82, 2.24) is 0 Å². The molecule has 0 aromatic heterocycles. The second kappa shape index (κ2) is 5.44. The van der Waals surface area contributed by atoms with Gasteiger partial charge in [-0.1, -0.05) is 24.3 Å². The van der Waals surface area contributed by atoms with Gasteiger partial charge in [0, 0.05) is 25.5 Å². The Morgan fingerprint density at radius 1 is 1.17 bits per heavy atom. The van der Waals surface area contributed by atoms with Crippen LogP contribution in [0.5, 0.6) is 0 Å². The van der Waals surface area contributed by atoms with Crippen LogP contribution in [0, 0.1) is 11.3 Å². The first-order chi connectivity index (χ1) is 10.8. The maximum atomic E-state index is 13.6. The van der Waals surface area contributed by atoms with Crippen molar-refractivity contribution in [2.45, 2.75) is 38.0 Å². The molecule has 124 valence electrons.